The third-order valence-corrected chi connectivity index (χ3v) is 8.34. The van der Waals surface area contributed by atoms with Gasteiger partial charge >= 0.3 is 0 Å². The third-order valence-electron chi connectivity index (χ3n) is 6.20. The maximum Gasteiger partial charge on any atom is 0.218 e. The SMILES string of the molecule is O=S1(=O)CCC(NCc2cc3cc4c(cc3nc2OCc2ccccc2Cl)CCC4)C1. The minimum Gasteiger partial charge on any atom is -0.472 e. The van der Waals surface area contributed by atoms with Crippen molar-refractivity contribution in [3.05, 3.63) is 69.7 Å². The Bertz CT molecular complexity index is 1240. The molecule has 1 saturated heterocycles. The predicted molar refractivity (Wildman–Crippen MR) is 123 cm³/mol. The van der Waals surface area contributed by atoms with Crippen molar-refractivity contribution in [2.45, 2.75) is 44.9 Å². The second-order valence-corrected chi connectivity index (χ2v) is 11.1. The molecule has 2 aliphatic rings. The van der Waals surface area contributed by atoms with Gasteiger partial charge in [0, 0.05) is 34.1 Å². The smallest absolute Gasteiger partial charge is 0.218 e. The molecule has 2 aromatic carbocycles. The topological polar surface area (TPSA) is 68.3 Å². The van der Waals surface area contributed by atoms with Crippen LogP contribution in [0.25, 0.3) is 10.9 Å². The number of nitrogens with zero attached hydrogens (tertiary/aromatic N) is 1. The number of ether oxygens (including phenoxy) is 1. The Balaban J connectivity index is 1.44. The Hall–Kier alpha value is -2.15. The maximum atomic E-state index is 11.8. The fourth-order valence-electron chi connectivity index (χ4n) is 4.50. The molecule has 5 nitrogen and oxygen atoms in total. The first-order chi connectivity index (χ1) is 15.0. The molecule has 7 heteroatoms. The van der Waals surface area contributed by atoms with Crippen molar-refractivity contribution in [2.24, 2.45) is 0 Å². The fourth-order valence-corrected chi connectivity index (χ4v) is 6.39. The van der Waals surface area contributed by atoms with Crippen molar-refractivity contribution in [2.75, 3.05) is 11.5 Å². The Kier molecular flexibility index (Phi) is 5.63. The van der Waals surface area contributed by atoms with Gasteiger partial charge in [-0.3, -0.25) is 0 Å². The predicted octanol–water partition coefficient (Wildman–Crippen LogP) is 4.23. The quantitative estimate of drug-likeness (QED) is 0.601. The maximum absolute atomic E-state index is 11.8. The van der Waals surface area contributed by atoms with Gasteiger partial charge in [0.15, 0.2) is 9.84 Å². The van der Waals surface area contributed by atoms with Gasteiger partial charge in [-0.15, -0.1) is 0 Å². The highest BCUT2D eigenvalue weighted by atomic mass is 35.5. The number of fused-ring (bicyclic) bond motifs is 2. The highest BCUT2D eigenvalue weighted by molar-refractivity contribution is 7.91. The molecule has 1 N–H and O–H groups in total. The molecule has 3 aromatic rings. The van der Waals surface area contributed by atoms with E-state index < -0.39 is 9.84 Å². The minimum absolute atomic E-state index is 0.0304. The lowest BCUT2D eigenvalue weighted by atomic mass is 10.0. The number of rotatable bonds is 6. The molecule has 0 saturated carbocycles. The first-order valence-electron chi connectivity index (χ1n) is 10.7. The monoisotopic (exact) mass is 456 g/mol. The average Bonchev–Trinajstić information content (AvgIpc) is 3.34. The summed E-state index contributed by atoms with van der Waals surface area (Å²) in [6.45, 7) is 0.839. The molecule has 2 heterocycles. The number of aryl methyl sites for hydroxylation is 2. The van der Waals surface area contributed by atoms with Crippen LogP contribution in [0.2, 0.25) is 5.02 Å². The zero-order chi connectivity index (χ0) is 21.4. The molecule has 0 spiro atoms. The van der Waals surface area contributed by atoms with Gasteiger partial charge in [0.05, 0.1) is 17.0 Å². The Morgan fingerprint density at radius 3 is 2.68 bits per heavy atom. The molecule has 0 amide bonds. The van der Waals surface area contributed by atoms with Crippen LogP contribution in [0.4, 0.5) is 0 Å². The summed E-state index contributed by atoms with van der Waals surface area (Å²) in [5.41, 5.74) is 5.54. The zero-order valence-corrected chi connectivity index (χ0v) is 18.8. The van der Waals surface area contributed by atoms with E-state index >= 15 is 0 Å². The molecule has 0 radical (unpaired) electrons. The average molecular weight is 457 g/mol. The van der Waals surface area contributed by atoms with Gasteiger partial charge in [0.1, 0.15) is 6.61 Å². The molecule has 1 aliphatic carbocycles. The van der Waals surface area contributed by atoms with Gasteiger partial charge in [-0.2, -0.15) is 0 Å². The second kappa shape index (κ2) is 8.41. The third kappa shape index (κ3) is 4.56. The minimum atomic E-state index is -2.93. The molecule has 5 rings (SSSR count). The van der Waals surface area contributed by atoms with E-state index in [-0.39, 0.29) is 17.5 Å². The van der Waals surface area contributed by atoms with Crippen molar-refractivity contribution in [1.29, 1.82) is 0 Å². The largest absolute Gasteiger partial charge is 0.472 e. The highest BCUT2D eigenvalue weighted by Crippen LogP contribution is 2.30. The zero-order valence-electron chi connectivity index (χ0n) is 17.2. The van der Waals surface area contributed by atoms with Crippen LogP contribution in [0, 0.1) is 0 Å². The van der Waals surface area contributed by atoms with Crippen LogP contribution >= 0.6 is 11.6 Å². The lowest BCUT2D eigenvalue weighted by Crippen LogP contribution is -2.29. The van der Waals surface area contributed by atoms with Crippen LogP contribution in [0.1, 0.15) is 35.1 Å². The molecule has 1 fully saturated rings. The Morgan fingerprint density at radius 1 is 1.10 bits per heavy atom. The summed E-state index contributed by atoms with van der Waals surface area (Å²) in [6, 6.07) is 14.1. The van der Waals surface area contributed by atoms with Gasteiger partial charge in [0.2, 0.25) is 5.88 Å². The van der Waals surface area contributed by atoms with E-state index in [1.54, 1.807) is 0 Å². The van der Waals surface area contributed by atoms with Gasteiger partial charge in [0.25, 0.3) is 0 Å². The summed E-state index contributed by atoms with van der Waals surface area (Å²) >= 11 is 6.29. The Morgan fingerprint density at radius 2 is 1.90 bits per heavy atom. The van der Waals surface area contributed by atoms with Gasteiger partial charge in [-0.1, -0.05) is 29.8 Å². The molecule has 1 aliphatic heterocycles. The summed E-state index contributed by atoms with van der Waals surface area (Å²) in [4.78, 5) is 4.85. The fraction of sp³-hybridized carbons (Fsp3) is 0.375. The van der Waals surface area contributed by atoms with Crippen LogP contribution in [-0.2, 0) is 35.8 Å². The summed E-state index contributed by atoms with van der Waals surface area (Å²) in [5, 5.41) is 5.16. The van der Waals surface area contributed by atoms with Crippen molar-refractivity contribution >= 4 is 32.3 Å². The summed E-state index contributed by atoms with van der Waals surface area (Å²) < 4.78 is 29.7. The summed E-state index contributed by atoms with van der Waals surface area (Å²) in [7, 11) is -2.93. The molecule has 1 atom stereocenters. The Labute approximate surface area is 187 Å². The first-order valence-corrected chi connectivity index (χ1v) is 12.9. The first kappa shape index (κ1) is 20.7. The van der Waals surface area contributed by atoms with Gasteiger partial charge in [-0.05, 0) is 61.1 Å². The normalized spacial score (nSPS) is 19.6. The molecular formula is C24H25ClN2O3S. The number of pyridine rings is 1. The van der Waals surface area contributed by atoms with Crippen LogP contribution < -0.4 is 10.1 Å². The lowest BCUT2D eigenvalue weighted by Gasteiger charge is -2.16. The van der Waals surface area contributed by atoms with Crippen molar-refractivity contribution in [3.63, 3.8) is 0 Å². The van der Waals surface area contributed by atoms with E-state index in [9.17, 15) is 8.42 Å². The number of aromatic nitrogens is 1. The summed E-state index contributed by atoms with van der Waals surface area (Å²) in [5.74, 6) is 1.01. The lowest BCUT2D eigenvalue weighted by molar-refractivity contribution is 0.290. The molecule has 0 bridgehead atoms. The summed E-state index contributed by atoms with van der Waals surface area (Å²) in [6.07, 6.45) is 4.05. The number of benzene rings is 2. The molecule has 1 unspecified atom stereocenters. The van der Waals surface area contributed by atoms with Crippen LogP contribution in [-0.4, -0.2) is 30.9 Å². The van der Waals surface area contributed by atoms with E-state index in [0.29, 0.717) is 30.5 Å². The number of sulfone groups is 1. The second-order valence-electron chi connectivity index (χ2n) is 8.48. The van der Waals surface area contributed by atoms with Crippen LogP contribution in [0.15, 0.2) is 42.5 Å². The standard InChI is InChI=1S/C24H25ClN2O3S/c25-22-7-2-1-4-18(22)14-30-24-20(13-26-21-8-9-31(28,29)15-21)11-19-10-16-5-3-6-17(16)12-23(19)27-24/h1-2,4,7,10-12,21,26H,3,5-6,8-9,13-15H2. The van der Waals surface area contributed by atoms with Crippen molar-refractivity contribution in [1.82, 2.24) is 10.3 Å². The highest BCUT2D eigenvalue weighted by Gasteiger charge is 2.27. The number of hydrogen-bond donors (Lipinski definition) is 1. The number of nitrogens with one attached hydrogen (secondary N) is 1. The van der Waals surface area contributed by atoms with Crippen molar-refractivity contribution < 1.29 is 13.2 Å². The molecule has 162 valence electrons. The van der Waals surface area contributed by atoms with E-state index in [1.165, 1.54) is 17.5 Å². The van der Waals surface area contributed by atoms with E-state index in [4.69, 9.17) is 21.3 Å². The van der Waals surface area contributed by atoms with E-state index in [2.05, 4.69) is 23.5 Å². The van der Waals surface area contributed by atoms with Crippen molar-refractivity contribution in [3.8, 4) is 5.88 Å². The number of hydrogen-bond acceptors (Lipinski definition) is 5. The molecule has 1 aromatic heterocycles. The van der Waals surface area contributed by atoms with Gasteiger partial charge in [-0.25, -0.2) is 13.4 Å². The number of halogens is 1. The van der Waals surface area contributed by atoms with Gasteiger partial charge < -0.3 is 10.1 Å². The van der Waals surface area contributed by atoms with E-state index in [1.807, 2.05) is 24.3 Å². The van der Waals surface area contributed by atoms with E-state index in [0.717, 1.165) is 34.9 Å². The van der Waals surface area contributed by atoms with Crippen LogP contribution in [0.3, 0.4) is 0 Å². The molecular weight excluding hydrogens is 432 g/mol. The molecule has 31 heavy (non-hydrogen) atoms. The van der Waals surface area contributed by atoms with Crippen LogP contribution in [0.5, 0.6) is 5.88 Å².